The van der Waals surface area contributed by atoms with Gasteiger partial charge < -0.3 is 20.9 Å². The standard InChI is InChI=1S/C11H22N2O3/c1-16-7-6-13-10(15)9-2-4-11(12,8-14)5-3-9/h9,14H,2-8,12H2,1H3,(H,13,15). The molecule has 0 aliphatic heterocycles. The number of carbonyl (C=O) groups is 1. The van der Waals surface area contributed by atoms with Crippen LogP contribution in [0, 0.1) is 5.92 Å². The molecule has 0 aromatic rings. The molecule has 1 aliphatic rings. The van der Waals surface area contributed by atoms with Gasteiger partial charge in [0.1, 0.15) is 0 Å². The number of nitrogens with one attached hydrogen (secondary N) is 1. The van der Waals surface area contributed by atoms with Gasteiger partial charge >= 0.3 is 0 Å². The van der Waals surface area contributed by atoms with Crippen LogP contribution in [0.4, 0.5) is 0 Å². The molecule has 0 radical (unpaired) electrons. The Kier molecular flexibility index (Phi) is 5.18. The van der Waals surface area contributed by atoms with Crippen LogP contribution in [0.2, 0.25) is 0 Å². The van der Waals surface area contributed by atoms with Crippen molar-refractivity contribution >= 4 is 5.91 Å². The van der Waals surface area contributed by atoms with Gasteiger partial charge in [-0.3, -0.25) is 4.79 Å². The average Bonchev–Trinajstić information content (AvgIpc) is 2.30. The van der Waals surface area contributed by atoms with Crippen LogP contribution in [0.3, 0.4) is 0 Å². The second-order valence-corrected chi connectivity index (χ2v) is 4.58. The van der Waals surface area contributed by atoms with Gasteiger partial charge in [0.15, 0.2) is 0 Å². The summed E-state index contributed by atoms with van der Waals surface area (Å²) in [4.78, 5) is 11.7. The number of methoxy groups -OCH3 is 1. The third-order valence-electron chi connectivity index (χ3n) is 3.27. The second-order valence-electron chi connectivity index (χ2n) is 4.58. The van der Waals surface area contributed by atoms with Crippen molar-refractivity contribution in [2.24, 2.45) is 11.7 Å². The maximum Gasteiger partial charge on any atom is 0.223 e. The number of ether oxygens (including phenoxy) is 1. The average molecular weight is 230 g/mol. The fourth-order valence-electron chi connectivity index (χ4n) is 2.03. The van der Waals surface area contributed by atoms with Crippen molar-refractivity contribution < 1.29 is 14.6 Å². The van der Waals surface area contributed by atoms with Crippen molar-refractivity contribution in [3.05, 3.63) is 0 Å². The number of aliphatic hydroxyl groups is 1. The van der Waals surface area contributed by atoms with E-state index < -0.39 is 5.54 Å². The number of rotatable bonds is 5. The summed E-state index contributed by atoms with van der Waals surface area (Å²) in [5.41, 5.74) is 5.47. The highest BCUT2D eigenvalue weighted by atomic mass is 16.5. The van der Waals surface area contributed by atoms with Gasteiger partial charge in [-0.05, 0) is 25.7 Å². The van der Waals surface area contributed by atoms with Gasteiger partial charge in [-0.2, -0.15) is 0 Å². The molecule has 0 aromatic carbocycles. The van der Waals surface area contributed by atoms with Gasteiger partial charge in [0.2, 0.25) is 5.91 Å². The van der Waals surface area contributed by atoms with E-state index in [0.717, 1.165) is 12.8 Å². The molecule has 1 rings (SSSR count). The third-order valence-corrected chi connectivity index (χ3v) is 3.27. The lowest BCUT2D eigenvalue weighted by molar-refractivity contribution is -0.126. The summed E-state index contributed by atoms with van der Waals surface area (Å²) in [6.07, 6.45) is 2.95. The number of hydrogen-bond donors (Lipinski definition) is 3. The molecule has 0 saturated heterocycles. The Morgan fingerprint density at radius 2 is 2.19 bits per heavy atom. The molecule has 5 heteroatoms. The monoisotopic (exact) mass is 230 g/mol. The molecule has 0 bridgehead atoms. The Labute approximate surface area is 96.3 Å². The van der Waals surface area contributed by atoms with E-state index >= 15 is 0 Å². The van der Waals surface area contributed by atoms with E-state index in [1.165, 1.54) is 0 Å². The maximum atomic E-state index is 11.7. The number of carbonyl (C=O) groups excluding carboxylic acids is 1. The Balaban J connectivity index is 2.27. The second kappa shape index (κ2) is 6.18. The van der Waals surface area contributed by atoms with E-state index in [9.17, 15) is 4.79 Å². The van der Waals surface area contributed by atoms with Crippen LogP contribution < -0.4 is 11.1 Å². The first-order chi connectivity index (χ1) is 7.61. The van der Waals surface area contributed by atoms with E-state index in [-0.39, 0.29) is 18.4 Å². The zero-order valence-corrected chi connectivity index (χ0v) is 9.87. The van der Waals surface area contributed by atoms with E-state index in [1.807, 2.05) is 0 Å². The number of hydrogen-bond acceptors (Lipinski definition) is 4. The van der Waals surface area contributed by atoms with E-state index in [4.69, 9.17) is 15.6 Å². The molecule has 5 nitrogen and oxygen atoms in total. The highest BCUT2D eigenvalue weighted by Gasteiger charge is 2.33. The highest BCUT2D eigenvalue weighted by molar-refractivity contribution is 5.78. The summed E-state index contributed by atoms with van der Waals surface area (Å²) in [5, 5.41) is 11.9. The van der Waals surface area contributed by atoms with Crippen molar-refractivity contribution in [2.75, 3.05) is 26.9 Å². The zero-order valence-electron chi connectivity index (χ0n) is 9.87. The first kappa shape index (κ1) is 13.4. The van der Waals surface area contributed by atoms with Crippen molar-refractivity contribution in [3.63, 3.8) is 0 Å². The molecular formula is C11H22N2O3. The van der Waals surface area contributed by atoms with Crippen molar-refractivity contribution in [1.29, 1.82) is 0 Å². The summed E-state index contributed by atoms with van der Waals surface area (Å²) in [5.74, 6) is 0.122. The molecule has 1 aliphatic carbocycles. The highest BCUT2D eigenvalue weighted by Crippen LogP contribution is 2.30. The molecule has 0 atom stereocenters. The minimum absolute atomic E-state index is 0.00497. The Morgan fingerprint density at radius 3 is 2.69 bits per heavy atom. The fraction of sp³-hybridized carbons (Fsp3) is 0.909. The van der Waals surface area contributed by atoms with Crippen LogP contribution in [0.15, 0.2) is 0 Å². The predicted molar refractivity (Wildman–Crippen MR) is 60.8 cm³/mol. The summed E-state index contributed by atoms with van der Waals surface area (Å²) >= 11 is 0. The van der Waals surface area contributed by atoms with Crippen molar-refractivity contribution in [1.82, 2.24) is 5.32 Å². The smallest absolute Gasteiger partial charge is 0.223 e. The lowest BCUT2D eigenvalue weighted by atomic mass is 9.77. The lowest BCUT2D eigenvalue weighted by Crippen LogP contribution is -2.48. The quantitative estimate of drug-likeness (QED) is 0.563. The SMILES string of the molecule is COCCNC(=O)C1CCC(N)(CO)CC1. The largest absolute Gasteiger partial charge is 0.394 e. The molecule has 0 spiro atoms. The molecule has 94 valence electrons. The predicted octanol–water partition coefficient (Wildman–Crippen LogP) is -0.371. The Morgan fingerprint density at radius 1 is 1.56 bits per heavy atom. The molecular weight excluding hydrogens is 208 g/mol. The van der Waals surface area contributed by atoms with Crippen LogP contribution >= 0.6 is 0 Å². The van der Waals surface area contributed by atoms with Crippen LogP contribution in [0.1, 0.15) is 25.7 Å². The fourth-order valence-corrected chi connectivity index (χ4v) is 2.03. The van der Waals surface area contributed by atoms with Gasteiger partial charge in [-0.15, -0.1) is 0 Å². The Hall–Kier alpha value is -0.650. The third kappa shape index (κ3) is 3.73. The molecule has 1 amide bonds. The Bertz CT molecular complexity index is 225. The van der Waals surface area contributed by atoms with E-state index in [2.05, 4.69) is 5.32 Å². The number of nitrogens with two attached hydrogens (primary N) is 1. The van der Waals surface area contributed by atoms with E-state index in [0.29, 0.717) is 26.0 Å². The summed E-state index contributed by atoms with van der Waals surface area (Å²) in [6, 6.07) is 0. The van der Waals surface area contributed by atoms with Crippen LogP contribution in [-0.2, 0) is 9.53 Å². The minimum Gasteiger partial charge on any atom is -0.394 e. The first-order valence-corrected chi connectivity index (χ1v) is 5.78. The van der Waals surface area contributed by atoms with Gasteiger partial charge in [0, 0.05) is 25.1 Å². The van der Waals surface area contributed by atoms with Crippen molar-refractivity contribution in [2.45, 2.75) is 31.2 Å². The molecule has 1 saturated carbocycles. The van der Waals surface area contributed by atoms with Crippen molar-refractivity contribution in [3.8, 4) is 0 Å². The van der Waals surface area contributed by atoms with Crippen LogP contribution in [0.5, 0.6) is 0 Å². The molecule has 0 unspecified atom stereocenters. The summed E-state index contributed by atoms with van der Waals surface area (Å²) in [6.45, 7) is 1.10. The normalized spacial score (nSPS) is 30.1. The molecule has 0 heterocycles. The molecule has 4 N–H and O–H groups in total. The molecule has 16 heavy (non-hydrogen) atoms. The minimum atomic E-state index is -0.469. The lowest BCUT2D eigenvalue weighted by Gasteiger charge is -2.35. The first-order valence-electron chi connectivity index (χ1n) is 5.78. The maximum absolute atomic E-state index is 11.7. The van der Waals surface area contributed by atoms with Gasteiger partial charge in [0.05, 0.1) is 13.2 Å². The van der Waals surface area contributed by atoms with Crippen LogP contribution in [0.25, 0.3) is 0 Å². The molecule has 1 fully saturated rings. The zero-order chi connectivity index (χ0) is 12.0. The van der Waals surface area contributed by atoms with Gasteiger partial charge in [0.25, 0.3) is 0 Å². The topological polar surface area (TPSA) is 84.6 Å². The van der Waals surface area contributed by atoms with Gasteiger partial charge in [-0.25, -0.2) is 0 Å². The summed E-state index contributed by atoms with van der Waals surface area (Å²) < 4.78 is 4.86. The number of amides is 1. The van der Waals surface area contributed by atoms with Gasteiger partial charge in [-0.1, -0.05) is 0 Å². The number of aliphatic hydroxyl groups excluding tert-OH is 1. The van der Waals surface area contributed by atoms with Crippen LogP contribution in [-0.4, -0.2) is 43.4 Å². The van der Waals surface area contributed by atoms with E-state index in [1.54, 1.807) is 7.11 Å². The molecule has 0 aromatic heterocycles. The summed E-state index contributed by atoms with van der Waals surface area (Å²) in [7, 11) is 1.61.